The van der Waals surface area contributed by atoms with Gasteiger partial charge >= 0.3 is 0 Å². The van der Waals surface area contributed by atoms with Crippen LogP contribution in [0.2, 0.25) is 0 Å². The molecule has 0 aromatic carbocycles. The van der Waals surface area contributed by atoms with Crippen molar-refractivity contribution in [3.63, 3.8) is 0 Å². The second kappa shape index (κ2) is 4.77. The Morgan fingerprint density at radius 2 is 2.00 bits per heavy atom. The van der Waals surface area contributed by atoms with E-state index in [1.165, 1.54) is 32.1 Å². The molecule has 1 heterocycles. The van der Waals surface area contributed by atoms with Crippen LogP contribution in [0.15, 0.2) is 12.2 Å². The van der Waals surface area contributed by atoms with Crippen molar-refractivity contribution in [2.45, 2.75) is 44.6 Å². The Balaban J connectivity index is 1.75. The normalized spacial score (nSPS) is 30.6. The molecule has 1 fully saturated rings. The summed E-state index contributed by atoms with van der Waals surface area (Å²) in [6.07, 6.45) is 12.6. The van der Waals surface area contributed by atoms with E-state index in [1.807, 2.05) is 0 Å². The van der Waals surface area contributed by atoms with Gasteiger partial charge in [-0.1, -0.05) is 44.3 Å². The minimum absolute atomic E-state index is 0.219. The van der Waals surface area contributed by atoms with Crippen LogP contribution >= 0.6 is 0 Å². The molecular weight excluding hydrogens is 164 g/mol. The Bertz CT molecular complexity index is 171. The lowest BCUT2D eigenvalue weighted by molar-refractivity contribution is -0.315. The Morgan fingerprint density at radius 1 is 1.15 bits per heavy atom. The third-order valence-corrected chi connectivity index (χ3v) is 3.00. The fraction of sp³-hybridized carbons (Fsp3) is 0.818. The summed E-state index contributed by atoms with van der Waals surface area (Å²) in [6, 6.07) is 0. The monoisotopic (exact) mass is 182 g/mol. The summed E-state index contributed by atoms with van der Waals surface area (Å²) in [6.45, 7) is 0.612. The van der Waals surface area contributed by atoms with Crippen molar-refractivity contribution in [2.24, 2.45) is 5.92 Å². The van der Waals surface area contributed by atoms with Gasteiger partial charge in [0.25, 0.3) is 0 Å². The van der Waals surface area contributed by atoms with E-state index in [0.717, 1.165) is 12.3 Å². The van der Waals surface area contributed by atoms with E-state index >= 15 is 0 Å². The molecule has 2 aliphatic rings. The fourth-order valence-corrected chi connectivity index (χ4v) is 2.27. The van der Waals surface area contributed by atoms with Gasteiger partial charge in [0.15, 0.2) is 0 Å². The zero-order valence-electron chi connectivity index (χ0n) is 8.08. The molecular formula is C11H18O2. The lowest BCUT2D eigenvalue weighted by Crippen LogP contribution is -2.20. The Morgan fingerprint density at radius 3 is 2.69 bits per heavy atom. The molecule has 0 spiro atoms. The molecule has 2 heteroatoms. The maximum atomic E-state index is 5.19. The highest BCUT2D eigenvalue weighted by molar-refractivity contribution is 4.92. The Hall–Kier alpha value is -0.340. The fourth-order valence-electron chi connectivity index (χ4n) is 2.27. The average Bonchev–Trinajstić information content (AvgIpc) is 2.21. The van der Waals surface area contributed by atoms with Crippen LogP contribution in [0.25, 0.3) is 0 Å². The first-order valence-corrected chi connectivity index (χ1v) is 5.40. The summed E-state index contributed by atoms with van der Waals surface area (Å²) in [4.78, 5) is 10.1. The van der Waals surface area contributed by atoms with Gasteiger partial charge in [-0.2, -0.15) is 0 Å². The molecule has 0 saturated heterocycles. The summed E-state index contributed by atoms with van der Waals surface area (Å²) < 4.78 is 0. The molecule has 0 N–H and O–H groups in total. The molecule has 13 heavy (non-hydrogen) atoms. The lowest BCUT2D eigenvalue weighted by Gasteiger charge is -2.25. The van der Waals surface area contributed by atoms with Crippen LogP contribution in [-0.2, 0) is 9.78 Å². The first-order chi connectivity index (χ1) is 6.45. The zero-order valence-corrected chi connectivity index (χ0v) is 8.08. The van der Waals surface area contributed by atoms with Crippen LogP contribution in [-0.4, -0.2) is 12.7 Å². The van der Waals surface area contributed by atoms with Crippen molar-refractivity contribution in [2.75, 3.05) is 6.61 Å². The van der Waals surface area contributed by atoms with Crippen LogP contribution in [0.3, 0.4) is 0 Å². The van der Waals surface area contributed by atoms with Crippen molar-refractivity contribution in [1.29, 1.82) is 0 Å². The van der Waals surface area contributed by atoms with Gasteiger partial charge in [0, 0.05) is 0 Å². The highest BCUT2D eigenvalue weighted by Crippen LogP contribution is 2.28. The highest BCUT2D eigenvalue weighted by atomic mass is 17.2. The van der Waals surface area contributed by atoms with Gasteiger partial charge in [-0.05, 0) is 12.3 Å². The first-order valence-electron chi connectivity index (χ1n) is 5.40. The summed E-state index contributed by atoms with van der Waals surface area (Å²) in [7, 11) is 0. The molecule has 1 unspecified atom stereocenters. The molecule has 74 valence electrons. The number of rotatable bonds is 2. The predicted octanol–water partition coefficient (Wildman–Crippen LogP) is 2.84. The molecule has 0 aromatic heterocycles. The van der Waals surface area contributed by atoms with E-state index in [9.17, 15) is 0 Å². The predicted molar refractivity (Wildman–Crippen MR) is 51.2 cm³/mol. The Kier molecular flexibility index (Phi) is 3.39. The topological polar surface area (TPSA) is 18.5 Å². The van der Waals surface area contributed by atoms with Crippen LogP contribution < -0.4 is 0 Å². The van der Waals surface area contributed by atoms with Gasteiger partial charge in [0.1, 0.15) is 12.7 Å². The highest BCUT2D eigenvalue weighted by Gasteiger charge is 2.19. The van der Waals surface area contributed by atoms with E-state index in [1.54, 1.807) is 0 Å². The minimum Gasteiger partial charge on any atom is -0.232 e. The second-order valence-corrected chi connectivity index (χ2v) is 4.09. The summed E-state index contributed by atoms with van der Waals surface area (Å²) in [5.41, 5.74) is 0. The van der Waals surface area contributed by atoms with Crippen molar-refractivity contribution in [1.82, 2.24) is 0 Å². The molecule has 1 saturated carbocycles. The van der Waals surface area contributed by atoms with Gasteiger partial charge in [-0.3, -0.25) is 0 Å². The summed E-state index contributed by atoms with van der Waals surface area (Å²) >= 11 is 0. The maximum absolute atomic E-state index is 5.19. The molecule has 0 amide bonds. The smallest absolute Gasteiger partial charge is 0.111 e. The first kappa shape index (κ1) is 9.22. The molecule has 0 aromatic rings. The van der Waals surface area contributed by atoms with E-state index < -0.39 is 0 Å². The number of hydrogen-bond acceptors (Lipinski definition) is 2. The van der Waals surface area contributed by atoms with Gasteiger partial charge in [-0.25, -0.2) is 9.78 Å². The second-order valence-electron chi connectivity index (χ2n) is 4.09. The van der Waals surface area contributed by atoms with Gasteiger partial charge in [0.05, 0.1) is 0 Å². The van der Waals surface area contributed by atoms with E-state index in [0.29, 0.717) is 6.61 Å². The van der Waals surface area contributed by atoms with Crippen LogP contribution in [0, 0.1) is 5.92 Å². The van der Waals surface area contributed by atoms with Crippen LogP contribution in [0.4, 0.5) is 0 Å². The van der Waals surface area contributed by atoms with Crippen molar-refractivity contribution in [3.8, 4) is 0 Å². The SMILES string of the molecule is C1=CC(CC2CCCCC2)OOC1. The quantitative estimate of drug-likeness (QED) is 0.483. The van der Waals surface area contributed by atoms with Crippen LogP contribution in [0.1, 0.15) is 38.5 Å². The van der Waals surface area contributed by atoms with Crippen LogP contribution in [0.5, 0.6) is 0 Å². The molecule has 1 aliphatic carbocycles. The van der Waals surface area contributed by atoms with Crippen molar-refractivity contribution >= 4 is 0 Å². The maximum Gasteiger partial charge on any atom is 0.111 e. The molecule has 1 aliphatic heterocycles. The molecule has 2 nitrogen and oxygen atoms in total. The largest absolute Gasteiger partial charge is 0.232 e. The van der Waals surface area contributed by atoms with E-state index in [2.05, 4.69) is 12.2 Å². The minimum atomic E-state index is 0.219. The number of hydrogen-bond donors (Lipinski definition) is 0. The zero-order chi connectivity index (χ0) is 8.93. The van der Waals surface area contributed by atoms with Gasteiger partial charge in [-0.15, -0.1) is 0 Å². The van der Waals surface area contributed by atoms with Crippen molar-refractivity contribution in [3.05, 3.63) is 12.2 Å². The third kappa shape index (κ3) is 2.82. The van der Waals surface area contributed by atoms with E-state index in [4.69, 9.17) is 9.78 Å². The van der Waals surface area contributed by atoms with E-state index in [-0.39, 0.29) is 6.10 Å². The summed E-state index contributed by atoms with van der Waals surface area (Å²) in [5.74, 6) is 0.866. The molecule has 2 rings (SSSR count). The van der Waals surface area contributed by atoms with Gasteiger partial charge < -0.3 is 0 Å². The molecule has 1 atom stereocenters. The average molecular weight is 182 g/mol. The standard InChI is InChI=1S/C11H18O2/c1-2-5-10(6-3-1)9-11-7-4-8-12-13-11/h4,7,10-11H,1-3,5-6,8-9H2. The Labute approximate surface area is 79.8 Å². The third-order valence-electron chi connectivity index (χ3n) is 3.00. The van der Waals surface area contributed by atoms with Crippen molar-refractivity contribution < 1.29 is 9.78 Å². The van der Waals surface area contributed by atoms with Gasteiger partial charge in [0.2, 0.25) is 0 Å². The lowest BCUT2D eigenvalue weighted by atomic mass is 9.85. The molecule has 0 bridgehead atoms. The summed E-state index contributed by atoms with van der Waals surface area (Å²) in [5, 5.41) is 0. The molecule has 0 radical (unpaired) electrons.